The molecule has 0 heterocycles. The van der Waals surface area contributed by atoms with Crippen molar-refractivity contribution in [3.63, 3.8) is 0 Å². The van der Waals surface area contributed by atoms with Crippen LogP contribution in [0.15, 0.2) is 95.9 Å². The highest BCUT2D eigenvalue weighted by Gasteiger charge is 2.37. The fourth-order valence-electron chi connectivity index (χ4n) is 6.43. The van der Waals surface area contributed by atoms with E-state index in [-0.39, 0.29) is 46.9 Å². The molecule has 4 aromatic carbocycles. The molecule has 0 spiro atoms. The third-order valence-electron chi connectivity index (χ3n) is 9.35. The number of benzene rings is 4. The summed E-state index contributed by atoms with van der Waals surface area (Å²) in [6.45, 7) is 2.68. The second kappa shape index (κ2) is 17.1. The van der Waals surface area contributed by atoms with Gasteiger partial charge in [-0.1, -0.05) is 97.1 Å². The lowest BCUT2D eigenvalue weighted by molar-refractivity contribution is -0.385. The number of aryl methyl sites for hydroxylation is 2. The molecule has 1 atom stereocenters. The van der Waals surface area contributed by atoms with Crippen LogP contribution < -0.4 is 14.4 Å². The van der Waals surface area contributed by atoms with Gasteiger partial charge < -0.3 is 15.0 Å². The number of anilines is 1. The van der Waals surface area contributed by atoms with Crippen molar-refractivity contribution in [3.8, 4) is 5.75 Å². The highest BCUT2D eigenvalue weighted by Crippen LogP contribution is 2.36. The Morgan fingerprint density at radius 3 is 2.29 bits per heavy atom. The largest absolute Gasteiger partial charge is 0.495 e. The highest BCUT2D eigenvalue weighted by atomic mass is 35.5. The van der Waals surface area contributed by atoms with Crippen LogP contribution in [0.4, 0.5) is 11.4 Å². The summed E-state index contributed by atoms with van der Waals surface area (Å²) in [7, 11) is -3.32. The van der Waals surface area contributed by atoms with Gasteiger partial charge in [0.2, 0.25) is 11.8 Å². The second-order valence-electron chi connectivity index (χ2n) is 13.1. The molecule has 1 aliphatic carbocycles. The average molecular weight is 747 g/mol. The van der Waals surface area contributed by atoms with Gasteiger partial charge in [0.25, 0.3) is 15.7 Å². The van der Waals surface area contributed by atoms with Crippen molar-refractivity contribution in [1.82, 2.24) is 10.2 Å². The lowest BCUT2D eigenvalue weighted by atomic mass is 9.94. The van der Waals surface area contributed by atoms with Gasteiger partial charge in [0.15, 0.2) is 0 Å². The normalized spacial score (nSPS) is 13.9. The SMILES string of the molecule is COc1ccc(Cl)cc1N(CC(=O)N(Cc1ccc(C)cc1)[C@H](Cc1ccccc1)C(=O)NC1CCCCC1)S(=O)(=O)c1ccc(C)c([N+](=O)[O-])c1. The summed E-state index contributed by atoms with van der Waals surface area (Å²) in [4.78, 5) is 41.4. The van der Waals surface area contributed by atoms with Crippen LogP contribution in [0, 0.1) is 24.0 Å². The van der Waals surface area contributed by atoms with Crippen LogP contribution >= 0.6 is 11.6 Å². The molecule has 4 aromatic rings. The van der Waals surface area contributed by atoms with E-state index in [1.165, 1.54) is 49.3 Å². The van der Waals surface area contributed by atoms with Gasteiger partial charge in [0, 0.05) is 35.7 Å². The number of sulfonamides is 1. The first-order valence-electron chi connectivity index (χ1n) is 17.2. The van der Waals surface area contributed by atoms with Crippen molar-refractivity contribution < 1.29 is 27.7 Å². The number of amides is 2. The number of carbonyl (C=O) groups excluding carboxylic acids is 2. The number of nitrogens with one attached hydrogen (secondary N) is 1. The molecule has 274 valence electrons. The molecule has 13 heteroatoms. The number of nitrogens with zero attached hydrogens (tertiary/aromatic N) is 3. The fraction of sp³-hybridized carbons (Fsp3) is 0.333. The lowest BCUT2D eigenvalue weighted by Gasteiger charge is -2.35. The number of ether oxygens (including phenoxy) is 1. The van der Waals surface area contributed by atoms with E-state index in [2.05, 4.69) is 5.32 Å². The quantitative estimate of drug-likeness (QED) is 0.107. The first kappa shape index (κ1) is 38.3. The molecule has 1 saturated carbocycles. The van der Waals surface area contributed by atoms with Gasteiger partial charge in [-0.15, -0.1) is 0 Å². The summed E-state index contributed by atoms with van der Waals surface area (Å²) in [5.41, 5.74) is 2.40. The number of methoxy groups -OCH3 is 1. The zero-order chi connectivity index (χ0) is 37.4. The molecule has 0 radical (unpaired) electrons. The van der Waals surface area contributed by atoms with E-state index in [4.69, 9.17) is 16.3 Å². The van der Waals surface area contributed by atoms with Crippen molar-refractivity contribution in [1.29, 1.82) is 0 Å². The molecular formula is C39H43ClN4O7S. The molecule has 5 rings (SSSR count). The number of nitro benzene ring substituents is 1. The maximum atomic E-state index is 14.9. The summed E-state index contributed by atoms with van der Waals surface area (Å²) in [5.74, 6) is -0.906. The summed E-state index contributed by atoms with van der Waals surface area (Å²) < 4.78 is 35.5. The Bertz CT molecular complexity index is 2000. The molecule has 0 aliphatic heterocycles. The average Bonchev–Trinajstić information content (AvgIpc) is 3.13. The highest BCUT2D eigenvalue weighted by molar-refractivity contribution is 7.92. The van der Waals surface area contributed by atoms with Crippen LogP contribution in [0.3, 0.4) is 0 Å². The molecule has 1 N–H and O–H groups in total. The summed E-state index contributed by atoms with van der Waals surface area (Å²) in [6.07, 6.45) is 4.92. The minimum Gasteiger partial charge on any atom is -0.495 e. The van der Waals surface area contributed by atoms with Gasteiger partial charge in [-0.3, -0.25) is 24.0 Å². The number of halogens is 1. The first-order chi connectivity index (χ1) is 24.9. The topological polar surface area (TPSA) is 139 Å². The second-order valence-corrected chi connectivity index (χ2v) is 15.4. The Hall–Kier alpha value is -4.94. The molecule has 0 saturated heterocycles. The van der Waals surface area contributed by atoms with Crippen LogP contribution in [0.1, 0.15) is 54.4 Å². The van der Waals surface area contributed by atoms with E-state index < -0.39 is 44.0 Å². The maximum Gasteiger partial charge on any atom is 0.273 e. The van der Waals surface area contributed by atoms with Crippen molar-refractivity contribution >= 4 is 44.8 Å². The minimum absolute atomic E-state index is 0.00523. The Labute approximate surface area is 309 Å². The molecular weight excluding hydrogens is 704 g/mol. The van der Waals surface area contributed by atoms with Crippen LogP contribution in [0.5, 0.6) is 5.75 Å². The van der Waals surface area contributed by atoms with E-state index in [9.17, 15) is 28.1 Å². The molecule has 0 bridgehead atoms. The number of carbonyl (C=O) groups is 2. The van der Waals surface area contributed by atoms with Crippen molar-refractivity contribution in [2.24, 2.45) is 0 Å². The van der Waals surface area contributed by atoms with E-state index in [1.807, 2.05) is 61.5 Å². The molecule has 0 aromatic heterocycles. The Kier molecular flexibility index (Phi) is 12.6. The third kappa shape index (κ3) is 9.29. The molecule has 1 aliphatic rings. The zero-order valence-electron chi connectivity index (χ0n) is 29.5. The van der Waals surface area contributed by atoms with Crippen LogP contribution in [0.25, 0.3) is 0 Å². The number of nitro groups is 1. The van der Waals surface area contributed by atoms with Gasteiger partial charge in [-0.2, -0.15) is 0 Å². The van der Waals surface area contributed by atoms with Gasteiger partial charge in [-0.25, -0.2) is 8.42 Å². The van der Waals surface area contributed by atoms with Crippen LogP contribution in [-0.2, 0) is 32.6 Å². The Balaban J connectivity index is 1.63. The van der Waals surface area contributed by atoms with E-state index >= 15 is 0 Å². The summed E-state index contributed by atoms with van der Waals surface area (Å²) in [5, 5.41) is 15.2. The smallest absolute Gasteiger partial charge is 0.273 e. The maximum absolute atomic E-state index is 14.9. The monoisotopic (exact) mass is 746 g/mol. The van der Waals surface area contributed by atoms with E-state index in [0.717, 1.165) is 59.2 Å². The zero-order valence-corrected chi connectivity index (χ0v) is 31.0. The Morgan fingerprint density at radius 2 is 1.63 bits per heavy atom. The molecule has 2 amide bonds. The number of hydrogen-bond donors (Lipinski definition) is 1. The van der Waals surface area contributed by atoms with Crippen LogP contribution in [0.2, 0.25) is 5.02 Å². The number of rotatable bonds is 14. The first-order valence-corrected chi connectivity index (χ1v) is 19.0. The van der Waals surface area contributed by atoms with Gasteiger partial charge in [0.1, 0.15) is 18.3 Å². The third-order valence-corrected chi connectivity index (χ3v) is 11.3. The predicted octanol–water partition coefficient (Wildman–Crippen LogP) is 7.16. The van der Waals surface area contributed by atoms with Gasteiger partial charge in [-0.05, 0) is 62.1 Å². The van der Waals surface area contributed by atoms with Crippen molar-refractivity contribution in [3.05, 3.63) is 128 Å². The van der Waals surface area contributed by atoms with Gasteiger partial charge in [0.05, 0.1) is 22.6 Å². The minimum atomic E-state index is -4.67. The van der Waals surface area contributed by atoms with Crippen molar-refractivity contribution in [2.75, 3.05) is 18.0 Å². The molecule has 52 heavy (non-hydrogen) atoms. The summed E-state index contributed by atoms with van der Waals surface area (Å²) >= 11 is 6.38. The summed E-state index contributed by atoms with van der Waals surface area (Å²) in [6, 6.07) is 23.8. The molecule has 11 nitrogen and oxygen atoms in total. The standard InChI is InChI=1S/C39H43ClN4O7S/c1-27-14-17-30(18-15-27)25-42(36(22-29-10-6-4-7-11-29)39(46)41-32-12-8-5-9-13-32)38(45)26-43(35-23-31(40)19-21-37(35)51-3)52(49,50)33-20-16-28(2)34(24-33)44(47)48/h4,6-7,10-11,14-21,23-24,32,36H,5,8-9,12-13,22,25-26H2,1-3H3,(H,41,46)/t36-/m1/s1. The van der Waals surface area contributed by atoms with Crippen molar-refractivity contribution in [2.45, 2.75) is 75.9 Å². The van der Waals surface area contributed by atoms with E-state index in [0.29, 0.717) is 0 Å². The molecule has 0 unspecified atom stereocenters. The van der Waals surface area contributed by atoms with Gasteiger partial charge >= 0.3 is 0 Å². The fourth-order valence-corrected chi connectivity index (χ4v) is 8.04. The lowest BCUT2D eigenvalue weighted by Crippen LogP contribution is -2.55. The Morgan fingerprint density at radius 1 is 0.942 bits per heavy atom. The van der Waals surface area contributed by atoms with Crippen LogP contribution in [-0.4, -0.2) is 55.8 Å². The molecule has 1 fully saturated rings. The van der Waals surface area contributed by atoms with E-state index in [1.54, 1.807) is 0 Å². The predicted molar refractivity (Wildman–Crippen MR) is 201 cm³/mol. The number of hydrogen-bond acceptors (Lipinski definition) is 7.